The van der Waals surface area contributed by atoms with E-state index in [1.54, 1.807) is 30.3 Å². The second-order valence-corrected chi connectivity index (χ2v) is 6.87. The highest BCUT2D eigenvalue weighted by molar-refractivity contribution is 5.89. The van der Waals surface area contributed by atoms with Gasteiger partial charge in [-0.2, -0.15) is 0 Å². The van der Waals surface area contributed by atoms with Gasteiger partial charge in [-0.05, 0) is 80.3 Å². The van der Waals surface area contributed by atoms with Gasteiger partial charge < -0.3 is 9.84 Å². The van der Waals surface area contributed by atoms with E-state index < -0.39 is 5.97 Å². The average Bonchev–Trinajstić information content (AvgIpc) is 2.73. The van der Waals surface area contributed by atoms with Crippen LogP contribution in [0.5, 0.6) is 0 Å². The van der Waals surface area contributed by atoms with Gasteiger partial charge in [-0.15, -0.1) is 0 Å². The van der Waals surface area contributed by atoms with Crippen LogP contribution < -0.4 is 0 Å². The minimum absolute atomic E-state index is 0.233. The number of rotatable bonds is 4. The average molecular weight is 386 g/mol. The van der Waals surface area contributed by atoms with Crippen molar-refractivity contribution in [3.63, 3.8) is 0 Å². The number of carbonyl (C=O) groups excluding carboxylic acids is 1. The summed E-state index contributed by atoms with van der Waals surface area (Å²) in [7, 11) is 0. The molecule has 1 aliphatic rings. The van der Waals surface area contributed by atoms with Gasteiger partial charge in [0.15, 0.2) is 0 Å². The van der Waals surface area contributed by atoms with E-state index in [4.69, 9.17) is 9.84 Å². The van der Waals surface area contributed by atoms with Crippen molar-refractivity contribution in [3.05, 3.63) is 94.6 Å². The first kappa shape index (κ1) is 20.2. The van der Waals surface area contributed by atoms with Crippen LogP contribution in [0.1, 0.15) is 52.5 Å². The van der Waals surface area contributed by atoms with Crippen LogP contribution in [-0.2, 0) is 4.74 Å². The number of ether oxygens (including phenoxy) is 1. The number of esters is 1. The first-order valence-electron chi connectivity index (χ1n) is 9.51. The van der Waals surface area contributed by atoms with Crippen LogP contribution >= 0.6 is 0 Å². The number of hydrogen-bond acceptors (Lipinski definition) is 3. The lowest BCUT2D eigenvalue weighted by Crippen LogP contribution is -2.23. The molecule has 146 valence electrons. The zero-order valence-corrected chi connectivity index (χ0v) is 16.2. The maximum absolute atomic E-state index is 12.4. The molecule has 1 N–H and O–H groups in total. The zero-order chi connectivity index (χ0) is 20.6. The molecule has 0 aliphatic heterocycles. The molecular weight excluding hydrogens is 364 g/mol. The van der Waals surface area contributed by atoms with E-state index in [2.05, 4.69) is 18.8 Å². The van der Waals surface area contributed by atoms with Crippen molar-refractivity contribution in [2.24, 2.45) is 0 Å². The highest BCUT2D eigenvalue weighted by Crippen LogP contribution is 2.28. The Bertz CT molecular complexity index is 1000. The number of allylic oxidation sites excluding steroid dienone is 2. The van der Waals surface area contributed by atoms with Gasteiger partial charge in [0.25, 0.3) is 0 Å². The van der Waals surface area contributed by atoms with E-state index in [0.717, 1.165) is 30.4 Å². The molecule has 0 radical (unpaired) electrons. The summed E-state index contributed by atoms with van der Waals surface area (Å²) in [6.07, 6.45) is 6.14. The predicted molar refractivity (Wildman–Crippen MR) is 112 cm³/mol. The summed E-state index contributed by atoms with van der Waals surface area (Å²) >= 11 is 0. The van der Waals surface area contributed by atoms with Gasteiger partial charge in [-0.3, -0.25) is 0 Å². The molecule has 0 aromatic heterocycles. The second-order valence-electron chi connectivity index (χ2n) is 6.87. The first-order chi connectivity index (χ1) is 14.0. The van der Waals surface area contributed by atoms with Crippen LogP contribution in [0.2, 0.25) is 0 Å². The fraction of sp³-hybridized carbons (Fsp3) is 0.200. The van der Waals surface area contributed by atoms with Gasteiger partial charge in [-0.25, -0.2) is 9.59 Å². The Kier molecular flexibility index (Phi) is 6.65. The van der Waals surface area contributed by atoms with Crippen molar-refractivity contribution in [2.45, 2.75) is 32.3 Å². The molecule has 4 nitrogen and oxygen atoms in total. The van der Waals surface area contributed by atoms with E-state index in [-0.39, 0.29) is 17.6 Å². The van der Waals surface area contributed by atoms with Crippen LogP contribution in [0.25, 0.3) is 0 Å². The zero-order valence-electron chi connectivity index (χ0n) is 16.2. The van der Waals surface area contributed by atoms with Crippen molar-refractivity contribution in [1.29, 1.82) is 0 Å². The molecule has 0 fully saturated rings. The van der Waals surface area contributed by atoms with Crippen LogP contribution in [0.3, 0.4) is 0 Å². The maximum Gasteiger partial charge on any atom is 0.338 e. The second kappa shape index (κ2) is 9.57. The number of aromatic carboxylic acids is 1. The molecule has 29 heavy (non-hydrogen) atoms. The smallest absolute Gasteiger partial charge is 0.338 e. The number of carboxylic acid groups (broad SMARTS) is 1. The fourth-order valence-corrected chi connectivity index (χ4v) is 3.22. The minimum atomic E-state index is -0.958. The third-order valence-electron chi connectivity index (χ3n) is 4.81. The molecule has 0 heterocycles. The number of carboxylic acids is 1. The third kappa shape index (κ3) is 5.46. The summed E-state index contributed by atoms with van der Waals surface area (Å²) in [5.41, 5.74) is 3.71. The lowest BCUT2D eigenvalue weighted by atomic mass is 9.90. The van der Waals surface area contributed by atoms with Crippen molar-refractivity contribution < 1.29 is 19.4 Å². The van der Waals surface area contributed by atoms with Crippen LogP contribution in [0.4, 0.5) is 0 Å². The summed E-state index contributed by atoms with van der Waals surface area (Å²) in [5, 5.41) is 8.93. The Morgan fingerprint density at radius 2 is 1.79 bits per heavy atom. The van der Waals surface area contributed by atoms with E-state index in [1.807, 2.05) is 24.3 Å². The van der Waals surface area contributed by atoms with Crippen LogP contribution in [0.15, 0.2) is 77.9 Å². The number of hydrogen-bond donors (Lipinski definition) is 1. The van der Waals surface area contributed by atoms with Crippen LogP contribution in [0, 0.1) is 11.8 Å². The highest BCUT2D eigenvalue weighted by atomic mass is 16.5. The monoisotopic (exact) mass is 386 g/mol. The molecule has 0 saturated heterocycles. The molecule has 1 aliphatic carbocycles. The SMILES string of the molecule is CC1=C(C=CC#Cc2ccc(C(=O)O)cc2)C(OC(=O)c2ccccc2)CCC1. The minimum Gasteiger partial charge on any atom is -0.478 e. The predicted octanol–water partition coefficient (Wildman–Crippen LogP) is 5.02. The molecule has 1 unspecified atom stereocenters. The third-order valence-corrected chi connectivity index (χ3v) is 4.81. The normalized spacial score (nSPS) is 16.2. The van der Waals surface area contributed by atoms with Crippen molar-refractivity contribution >= 4 is 11.9 Å². The van der Waals surface area contributed by atoms with Gasteiger partial charge in [0.1, 0.15) is 6.10 Å². The van der Waals surface area contributed by atoms with Gasteiger partial charge in [-0.1, -0.05) is 35.6 Å². The molecule has 0 spiro atoms. The molecule has 0 amide bonds. The van der Waals surface area contributed by atoms with Crippen molar-refractivity contribution in [2.75, 3.05) is 0 Å². The molecule has 0 bridgehead atoms. The fourth-order valence-electron chi connectivity index (χ4n) is 3.22. The van der Waals surface area contributed by atoms with E-state index in [1.165, 1.54) is 17.7 Å². The Morgan fingerprint density at radius 3 is 2.48 bits per heavy atom. The van der Waals surface area contributed by atoms with Gasteiger partial charge in [0.2, 0.25) is 0 Å². The topological polar surface area (TPSA) is 63.6 Å². The summed E-state index contributed by atoms with van der Waals surface area (Å²) in [5.74, 6) is 4.68. The molecule has 2 aromatic rings. The largest absolute Gasteiger partial charge is 0.478 e. The summed E-state index contributed by atoms with van der Waals surface area (Å²) < 4.78 is 5.76. The lowest BCUT2D eigenvalue weighted by molar-refractivity contribution is 0.0349. The van der Waals surface area contributed by atoms with Gasteiger partial charge >= 0.3 is 11.9 Å². The molecule has 2 aromatic carbocycles. The molecule has 1 atom stereocenters. The van der Waals surface area contributed by atoms with Crippen molar-refractivity contribution in [1.82, 2.24) is 0 Å². The molecule has 3 rings (SSSR count). The lowest BCUT2D eigenvalue weighted by Gasteiger charge is -2.25. The van der Waals surface area contributed by atoms with E-state index in [0.29, 0.717) is 5.56 Å². The summed E-state index contributed by atoms with van der Waals surface area (Å²) in [4.78, 5) is 23.3. The Labute approximate surface area is 170 Å². The van der Waals surface area contributed by atoms with E-state index in [9.17, 15) is 9.59 Å². The highest BCUT2D eigenvalue weighted by Gasteiger charge is 2.23. The summed E-state index contributed by atoms with van der Waals surface area (Å²) in [6.45, 7) is 2.06. The van der Waals surface area contributed by atoms with Gasteiger partial charge in [0.05, 0.1) is 11.1 Å². The number of carbonyl (C=O) groups is 2. The molecule has 4 heteroatoms. The maximum atomic E-state index is 12.4. The van der Waals surface area contributed by atoms with Crippen LogP contribution in [-0.4, -0.2) is 23.1 Å². The molecular formula is C25H22O4. The molecule has 0 saturated carbocycles. The Balaban J connectivity index is 1.70. The number of benzene rings is 2. The van der Waals surface area contributed by atoms with E-state index >= 15 is 0 Å². The Morgan fingerprint density at radius 1 is 1.07 bits per heavy atom. The van der Waals surface area contributed by atoms with Gasteiger partial charge in [0, 0.05) is 5.56 Å². The first-order valence-corrected chi connectivity index (χ1v) is 9.51. The summed E-state index contributed by atoms with van der Waals surface area (Å²) in [6, 6.07) is 15.4. The standard InChI is InChI=1S/C25H22O4/c1-18-8-7-13-23(29-25(28)21-10-3-2-4-11-21)22(18)12-6-5-9-19-14-16-20(17-15-19)24(26)27/h2-4,6,10-12,14-17,23H,7-8,13H2,1H3,(H,26,27). The Hall–Kier alpha value is -3.58. The quantitative estimate of drug-likeness (QED) is 0.592. The van der Waals surface area contributed by atoms with Crippen molar-refractivity contribution in [3.8, 4) is 11.8 Å².